The van der Waals surface area contributed by atoms with Crippen molar-refractivity contribution in [2.45, 2.75) is 96.7 Å². The highest BCUT2D eigenvalue weighted by Crippen LogP contribution is 2.33. The lowest BCUT2D eigenvalue weighted by atomic mass is 9.86. The summed E-state index contributed by atoms with van der Waals surface area (Å²) in [5, 5.41) is 4.70. The minimum Gasteiger partial charge on any atom is -0.462 e. The van der Waals surface area contributed by atoms with Crippen LogP contribution in [0.25, 0.3) is 0 Å². The minimum atomic E-state index is -0.356. The second-order valence-electron chi connectivity index (χ2n) is 6.80. The second-order valence-corrected chi connectivity index (χ2v) is 6.80. The van der Waals surface area contributed by atoms with Crippen molar-refractivity contribution in [3.8, 4) is 0 Å². The van der Waals surface area contributed by atoms with Crippen LogP contribution in [0.3, 0.4) is 0 Å². The Morgan fingerprint density at radius 2 is 1.95 bits per heavy atom. The molecule has 0 aromatic rings. The molecule has 5 heteroatoms. The molecule has 0 N–H and O–H groups in total. The standard InChI is InChI=1S/C16H30N2O3/c1-5-6-7-8-9-10-15(19)21-14-11-13(2)18(17-20)16(3,4)12-14/h13-14H,5-12H2,1-4H3. The van der Waals surface area contributed by atoms with E-state index in [1.54, 1.807) is 5.01 Å². The van der Waals surface area contributed by atoms with Gasteiger partial charge in [0, 0.05) is 19.3 Å². The zero-order valence-electron chi connectivity index (χ0n) is 13.9. The fourth-order valence-corrected chi connectivity index (χ4v) is 3.21. The van der Waals surface area contributed by atoms with Crippen molar-refractivity contribution in [2.24, 2.45) is 5.29 Å². The highest BCUT2D eigenvalue weighted by molar-refractivity contribution is 5.69. The first-order valence-electron chi connectivity index (χ1n) is 8.22. The van der Waals surface area contributed by atoms with E-state index >= 15 is 0 Å². The van der Waals surface area contributed by atoms with Crippen molar-refractivity contribution < 1.29 is 9.53 Å². The van der Waals surface area contributed by atoms with Gasteiger partial charge in [0.2, 0.25) is 0 Å². The van der Waals surface area contributed by atoms with Crippen LogP contribution in [0.1, 0.15) is 79.1 Å². The van der Waals surface area contributed by atoms with E-state index in [9.17, 15) is 9.70 Å². The van der Waals surface area contributed by atoms with E-state index in [1.165, 1.54) is 19.3 Å². The largest absolute Gasteiger partial charge is 0.462 e. The van der Waals surface area contributed by atoms with Gasteiger partial charge in [-0.2, -0.15) is 0 Å². The van der Waals surface area contributed by atoms with Gasteiger partial charge in [0.05, 0.1) is 16.9 Å². The molecule has 0 saturated carbocycles. The maximum Gasteiger partial charge on any atom is 0.306 e. The molecule has 122 valence electrons. The highest BCUT2D eigenvalue weighted by atomic mass is 16.5. The number of rotatable bonds is 8. The van der Waals surface area contributed by atoms with Gasteiger partial charge in [0.1, 0.15) is 6.10 Å². The van der Waals surface area contributed by atoms with Gasteiger partial charge in [-0.15, -0.1) is 4.91 Å². The molecule has 1 saturated heterocycles. The van der Waals surface area contributed by atoms with E-state index in [4.69, 9.17) is 4.74 Å². The molecule has 21 heavy (non-hydrogen) atoms. The Kier molecular flexibility index (Phi) is 7.12. The smallest absolute Gasteiger partial charge is 0.306 e. The average Bonchev–Trinajstić information content (AvgIpc) is 2.37. The molecule has 1 aliphatic rings. The predicted octanol–water partition coefficient (Wildman–Crippen LogP) is 4.20. The number of nitroso groups, excluding NO2 is 1. The van der Waals surface area contributed by atoms with Crippen LogP contribution in [-0.2, 0) is 9.53 Å². The van der Waals surface area contributed by atoms with Crippen LogP contribution in [0, 0.1) is 4.91 Å². The van der Waals surface area contributed by atoms with Crippen molar-refractivity contribution in [3.05, 3.63) is 4.91 Å². The van der Waals surface area contributed by atoms with Gasteiger partial charge in [0.15, 0.2) is 0 Å². The topological polar surface area (TPSA) is 59.0 Å². The Bertz CT molecular complexity index is 344. The first-order valence-corrected chi connectivity index (χ1v) is 8.22. The molecule has 1 aliphatic heterocycles. The zero-order chi connectivity index (χ0) is 15.9. The first kappa shape index (κ1) is 17.9. The van der Waals surface area contributed by atoms with Gasteiger partial charge in [-0.1, -0.05) is 32.6 Å². The van der Waals surface area contributed by atoms with Gasteiger partial charge in [-0.25, -0.2) is 0 Å². The van der Waals surface area contributed by atoms with E-state index in [2.05, 4.69) is 12.2 Å². The van der Waals surface area contributed by atoms with Crippen molar-refractivity contribution in [2.75, 3.05) is 0 Å². The van der Waals surface area contributed by atoms with Gasteiger partial charge >= 0.3 is 5.97 Å². The molecule has 0 aliphatic carbocycles. The Morgan fingerprint density at radius 1 is 1.29 bits per heavy atom. The van der Waals surface area contributed by atoms with Crippen LogP contribution in [0.2, 0.25) is 0 Å². The van der Waals surface area contributed by atoms with Crippen molar-refractivity contribution in [1.29, 1.82) is 0 Å². The number of piperidine rings is 1. The molecular formula is C16H30N2O3. The highest BCUT2D eigenvalue weighted by Gasteiger charge is 2.40. The monoisotopic (exact) mass is 298 g/mol. The molecule has 2 atom stereocenters. The van der Waals surface area contributed by atoms with Crippen molar-refractivity contribution >= 4 is 5.97 Å². The molecule has 0 bridgehead atoms. The second kappa shape index (κ2) is 8.35. The summed E-state index contributed by atoms with van der Waals surface area (Å²) in [7, 11) is 0. The molecule has 2 unspecified atom stereocenters. The van der Waals surface area contributed by atoms with Crippen LogP contribution >= 0.6 is 0 Å². The lowest BCUT2D eigenvalue weighted by Gasteiger charge is -2.45. The molecule has 0 aromatic carbocycles. The average molecular weight is 298 g/mol. The minimum absolute atomic E-state index is 0.00797. The summed E-state index contributed by atoms with van der Waals surface area (Å²) in [6, 6.07) is 0.00797. The maximum absolute atomic E-state index is 11.9. The van der Waals surface area contributed by atoms with Gasteiger partial charge in [-0.3, -0.25) is 9.80 Å². The lowest BCUT2D eigenvalue weighted by Crippen LogP contribution is -2.53. The van der Waals surface area contributed by atoms with Crippen LogP contribution in [0.15, 0.2) is 5.29 Å². The summed E-state index contributed by atoms with van der Waals surface area (Å²) in [6.07, 6.45) is 7.38. The molecule has 5 nitrogen and oxygen atoms in total. The SMILES string of the molecule is CCCCCCCC(=O)OC1CC(C)N(N=O)C(C)(C)C1. The third kappa shape index (κ3) is 5.64. The van der Waals surface area contributed by atoms with Gasteiger partial charge < -0.3 is 4.74 Å². The number of hydrogen-bond donors (Lipinski definition) is 0. The zero-order valence-corrected chi connectivity index (χ0v) is 13.9. The van der Waals surface area contributed by atoms with Crippen LogP contribution in [0.4, 0.5) is 0 Å². The van der Waals surface area contributed by atoms with E-state index in [0.717, 1.165) is 12.8 Å². The quantitative estimate of drug-likeness (QED) is 0.383. The Labute approximate surface area is 128 Å². The molecule has 1 heterocycles. The van der Waals surface area contributed by atoms with Crippen molar-refractivity contribution in [3.63, 3.8) is 0 Å². The fraction of sp³-hybridized carbons (Fsp3) is 0.938. The summed E-state index contributed by atoms with van der Waals surface area (Å²) in [6.45, 7) is 8.07. The van der Waals surface area contributed by atoms with E-state index in [-0.39, 0.29) is 23.7 Å². The molecule has 0 amide bonds. The summed E-state index contributed by atoms with van der Waals surface area (Å²) < 4.78 is 5.59. The fourth-order valence-electron chi connectivity index (χ4n) is 3.21. The van der Waals surface area contributed by atoms with E-state index < -0.39 is 0 Å². The van der Waals surface area contributed by atoms with Crippen molar-refractivity contribution in [1.82, 2.24) is 5.01 Å². The molecule has 1 rings (SSSR count). The van der Waals surface area contributed by atoms with Gasteiger partial charge in [-0.05, 0) is 27.2 Å². The molecular weight excluding hydrogens is 268 g/mol. The summed E-state index contributed by atoms with van der Waals surface area (Å²) in [5.41, 5.74) is -0.356. The molecule has 0 radical (unpaired) electrons. The van der Waals surface area contributed by atoms with Crippen LogP contribution < -0.4 is 0 Å². The molecule has 0 aromatic heterocycles. The molecule has 0 spiro atoms. The number of esters is 1. The molecule has 1 fully saturated rings. The first-order chi connectivity index (χ1) is 9.90. The lowest BCUT2D eigenvalue weighted by molar-refractivity contribution is -0.156. The number of unbranched alkanes of at least 4 members (excludes halogenated alkanes) is 4. The number of ether oxygens (including phenoxy) is 1. The predicted molar refractivity (Wildman–Crippen MR) is 83.7 cm³/mol. The number of nitrogens with zero attached hydrogens (tertiary/aromatic N) is 2. The number of carbonyl (C=O) groups is 1. The number of carbonyl (C=O) groups excluding carboxylic acids is 1. The Balaban J connectivity index is 2.35. The van der Waals surface area contributed by atoms with E-state index in [0.29, 0.717) is 19.3 Å². The Morgan fingerprint density at radius 3 is 2.52 bits per heavy atom. The maximum atomic E-state index is 11.9. The normalized spacial score (nSPS) is 24.7. The summed E-state index contributed by atoms with van der Waals surface area (Å²) in [5.74, 6) is -0.105. The van der Waals surface area contributed by atoms with E-state index in [1.807, 2.05) is 20.8 Å². The van der Waals surface area contributed by atoms with Gasteiger partial charge in [0.25, 0.3) is 0 Å². The third-order valence-corrected chi connectivity index (χ3v) is 4.24. The third-order valence-electron chi connectivity index (χ3n) is 4.24. The Hall–Kier alpha value is -1.13. The number of hydrogen-bond acceptors (Lipinski definition) is 4. The summed E-state index contributed by atoms with van der Waals surface area (Å²) >= 11 is 0. The summed E-state index contributed by atoms with van der Waals surface area (Å²) in [4.78, 5) is 22.8. The van der Waals surface area contributed by atoms with Crippen LogP contribution in [-0.4, -0.2) is 28.7 Å². The van der Waals surface area contributed by atoms with Crippen LogP contribution in [0.5, 0.6) is 0 Å².